The number of sulfonamides is 1. The lowest BCUT2D eigenvalue weighted by Crippen LogP contribution is -2.51. The molecule has 0 bridgehead atoms. The molecule has 2 aromatic carbocycles. The maximum Gasteiger partial charge on any atom is 0.238 e. The van der Waals surface area contributed by atoms with Gasteiger partial charge in [-0.1, -0.05) is 42.5 Å². The molecule has 0 aliphatic carbocycles. The number of benzene rings is 2. The van der Waals surface area contributed by atoms with Crippen LogP contribution < -0.4 is 10.5 Å². The van der Waals surface area contributed by atoms with E-state index in [2.05, 4.69) is 5.32 Å². The smallest absolute Gasteiger partial charge is 0.238 e. The fraction of sp³-hybridized carbons (Fsp3) is 0.333. The molecule has 1 aliphatic heterocycles. The number of carbonyl (C=O) groups excluding carboxylic acids is 2. The number of nitrogens with zero attached hydrogens (tertiary/aromatic N) is 2. The molecule has 0 aromatic heterocycles. The zero-order valence-electron chi connectivity index (χ0n) is 16.7. The predicted molar refractivity (Wildman–Crippen MR) is 113 cm³/mol. The van der Waals surface area contributed by atoms with E-state index in [4.69, 9.17) is 5.14 Å². The van der Waals surface area contributed by atoms with Gasteiger partial charge in [-0.25, -0.2) is 13.6 Å². The first-order chi connectivity index (χ1) is 14.3. The van der Waals surface area contributed by atoms with E-state index in [1.165, 1.54) is 12.1 Å². The molecule has 2 aromatic rings. The molecule has 0 atom stereocenters. The van der Waals surface area contributed by atoms with Crippen LogP contribution in [0.2, 0.25) is 0 Å². The zero-order valence-corrected chi connectivity index (χ0v) is 17.5. The number of rotatable bonds is 7. The molecule has 8 nitrogen and oxygen atoms in total. The van der Waals surface area contributed by atoms with Gasteiger partial charge in [-0.2, -0.15) is 0 Å². The highest BCUT2D eigenvalue weighted by Gasteiger charge is 2.22. The van der Waals surface area contributed by atoms with Crippen molar-refractivity contribution in [1.29, 1.82) is 0 Å². The summed E-state index contributed by atoms with van der Waals surface area (Å²) in [5, 5.41) is 8.00. The summed E-state index contributed by atoms with van der Waals surface area (Å²) in [5.74, 6) is -0.0555. The van der Waals surface area contributed by atoms with E-state index in [0.717, 1.165) is 11.1 Å². The first-order valence-electron chi connectivity index (χ1n) is 9.74. The molecule has 9 heteroatoms. The average Bonchev–Trinajstić information content (AvgIpc) is 2.73. The summed E-state index contributed by atoms with van der Waals surface area (Å²) in [6.45, 7) is 3.19. The Morgan fingerprint density at radius 1 is 0.900 bits per heavy atom. The Labute approximate surface area is 176 Å². The first kappa shape index (κ1) is 21.9. The minimum absolute atomic E-state index is 0.0217. The van der Waals surface area contributed by atoms with Gasteiger partial charge in [-0.05, 0) is 23.3 Å². The number of primary sulfonamides is 1. The lowest BCUT2D eigenvalue weighted by molar-refractivity contribution is -0.132. The van der Waals surface area contributed by atoms with Crippen molar-refractivity contribution in [2.45, 2.75) is 17.9 Å². The Morgan fingerprint density at radius 2 is 1.53 bits per heavy atom. The molecule has 3 rings (SSSR count). The topological polar surface area (TPSA) is 113 Å². The standard InChI is InChI=1S/C21H26N4O4S/c22-30(28,29)19-8-6-17(7-9-19)14-21(27)25-12-10-24(11-13-25)16-20(26)23-15-18-4-2-1-3-5-18/h1-9H,10-16H2,(H,23,26)(H2,22,28,29). The third-order valence-electron chi connectivity index (χ3n) is 5.03. The highest BCUT2D eigenvalue weighted by molar-refractivity contribution is 7.89. The van der Waals surface area contributed by atoms with E-state index in [-0.39, 0.29) is 23.1 Å². The van der Waals surface area contributed by atoms with Crippen molar-refractivity contribution in [3.05, 3.63) is 65.7 Å². The monoisotopic (exact) mass is 430 g/mol. The van der Waals surface area contributed by atoms with Gasteiger partial charge in [0, 0.05) is 32.7 Å². The molecule has 2 amide bonds. The Balaban J connectivity index is 1.41. The van der Waals surface area contributed by atoms with Crippen LogP contribution in [0.1, 0.15) is 11.1 Å². The molecule has 30 heavy (non-hydrogen) atoms. The van der Waals surface area contributed by atoms with Gasteiger partial charge in [0.1, 0.15) is 0 Å². The molecular formula is C21H26N4O4S. The van der Waals surface area contributed by atoms with E-state index >= 15 is 0 Å². The van der Waals surface area contributed by atoms with E-state index in [1.54, 1.807) is 17.0 Å². The average molecular weight is 431 g/mol. The molecule has 1 saturated heterocycles. The van der Waals surface area contributed by atoms with Crippen molar-refractivity contribution < 1.29 is 18.0 Å². The number of carbonyl (C=O) groups is 2. The Bertz CT molecular complexity index is 970. The van der Waals surface area contributed by atoms with Crippen LogP contribution in [0, 0.1) is 0 Å². The predicted octanol–water partition coefficient (Wildman–Crippen LogP) is 0.337. The number of hydrogen-bond acceptors (Lipinski definition) is 5. The Morgan fingerprint density at radius 3 is 2.13 bits per heavy atom. The van der Waals surface area contributed by atoms with Crippen molar-refractivity contribution in [2.75, 3.05) is 32.7 Å². The third-order valence-corrected chi connectivity index (χ3v) is 5.96. The van der Waals surface area contributed by atoms with E-state index in [1.807, 2.05) is 35.2 Å². The molecule has 0 unspecified atom stereocenters. The summed E-state index contributed by atoms with van der Waals surface area (Å²) >= 11 is 0. The highest BCUT2D eigenvalue weighted by Crippen LogP contribution is 2.11. The van der Waals surface area contributed by atoms with Gasteiger partial charge in [-0.3, -0.25) is 14.5 Å². The second kappa shape index (κ2) is 9.84. The summed E-state index contributed by atoms with van der Waals surface area (Å²) in [7, 11) is -3.74. The number of hydrogen-bond donors (Lipinski definition) is 2. The second-order valence-electron chi connectivity index (χ2n) is 7.28. The third kappa shape index (κ3) is 6.38. The van der Waals surface area contributed by atoms with Crippen LogP contribution >= 0.6 is 0 Å². The Hall–Kier alpha value is -2.75. The molecule has 0 saturated carbocycles. The van der Waals surface area contributed by atoms with E-state index < -0.39 is 10.0 Å². The first-order valence-corrected chi connectivity index (χ1v) is 11.3. The summed E-state index contributed by atoms with van der Waals surface area (Å²) in [4.78, 5) is 28.5. The molecule has 0 radical (unpaired) electrons. The summed E-state index contributed by atoms with van der Waals surface area (Å²) in [5.41, 5.74) is 1.79. The molecular weight excluding hydrogens is 404 g/mol. The van der Waals surface area contributed by atoms with E-state index in [9.17, 15) is 18.0 Å². The lowest BCUT2D eigenvalue weighted by Gasteiger charge is -2.34. The minimum atomic E-state index is -3.74. The minimum Gasteiger partial charge on any atom is -0.351 e. The highest BCUT2D eigenvalue weighted by atomic mass is 32.2. The van der Waals surface area contributed by atoms with Crippen LogP contribution in [0.5, 0.6) is 0 Å². The number of nitrogens with one attached hydrogen (secondary N) is 1. The van der Waals surface area contributed by atoms with Gasteiger partial charge < -0.3 is 10.2 Å². The van der Waals surface area contributed by atoms with Gasteiger partial charge in [0.15, 0.2) is 0 Å². The van der Waals surface area contributed by atoms with Crippen molar-refractivity contribution in [3.8, 4) is 0 Å². The summed E-state index contributed by atoms with van der Waals surface area (Å²) in [6.07, 6.45) is 0.197. The van der Waals surface area contributed by atoms with Gasteiger partial charge in [0.05, 0.1) is 17.9 Å². The number of amides is 2. The molecule has 1 aliphatic rings. The van der Waals surface area contributed by atoms with Gasteiger partial charge in [0.2, 0.25) is 21.8 Å². The van der Waals surface area contributed by atoms with Crippen molar-refractivity contribution >= 4 is 21.8 Å². The summed E-state index contributed by atoms with van der Waals surface area (Å²) in [6, 6.07) is 15.8. The van der Waals surface area contributed by atoms with E-state index in [0.29, 0.717) is 39.3 Å². The van der Waals surface area contributed by atoms with Gasteiger partial charge in [-0.15, -0.1) is 0 Å². The Kier molecular flexibility index (Phi) is 7.20. The quantitative estimate of drug-likeness (QED) is 0.658. The SMILES string of the molecule is NS(=O)(=O)c1ccc(CC(=O)N2CCN(CC(=O)NCc3ccccc3)CC2)cc1. The number of nitrogens with two attached hydrogens (primary N) is 1. The van der Waals surface area contributed by atoms with Crippen molar-refractivity contribution in [3.63, 3.8) is 0 Å². The van der Waals surface area contributed by atoms with Crippen LogP contribution in [0.4, 0.5) is 0 Å². The van der Waals surface area contributed by atoms with Crippen LogP contribution in [0.3, 0.4) is 0 Å². The fourth-order valence-electron chi connectivity index (χ4n) is 3.29. The normalized spacial score (nSPS) is 15.0. The largest absolute Gasteiger partial charge is 0.351 e. The molecule has 1 heterocycles. The van der Waals surface area contributed by atoms with Crippen LogP contribution in [0.15, 0.2) is 59.5 Å². The fourth-order valence-corrected chi connectivity index (χ4v) is 3.81. The lowest BCUT2D eigenvalue weighted by atomic mass is 10.1. The summed E-state index contributed by atoms with van der Waals surface area (Å²) < 4.78 is 22.6. The second-order valence-corrected chi connectivity index (χ2v) is 8.85. The molecule has 160 valence electrons. The maximum atomic E-state index is 12.5. The van der Waals surface area contributed by atoms with Crippen LogP contribution in [-0.2, 0) is 32.6 Å². The van der Waals surface area contributed by atoms with Crippen LogP contribution in [0.25, 0.3) is 0 Å². The van der Waals surface area contributed by atoms with Crippen molar-refractivity contribution in [2.24, 2.45) is 5.14 Å². The number of piperazine rings is 1. The zero-order chi connectivity index (χ0) is 21.6. The molecule has 1 fully saturated rings. The van der Waals surface area contributed by atoms with Crippen molar-refractivity contribution in [1.82, 2.24) is 15.1 Å². The van der Waals surface area contributed by atoms with Gasteiger partial charge >= 0.3 is 0 Å². The van der Waals surface area contributed by atoms with Gasteiger partial charge in [0.25, 0.3) is 0 Å². The maximum absolute atomic E-state index is 12.5. The van der Waals surface area contributed by atoms with Crippen LogP contribution in [-0.4, -0.2) is 62.8 Å². The molecule has 3 N–H and O–H groups in total. The molecule has 0 spiro atoms.